The molecule has 1 unspecified atom stereocenters. The Balaban J connectivity index is 0.970. The van der Waals surface area contributed by atoms with Gasteiger partial charge in [0.1, 0.15) is 35.1 Å². The molecule has 0 spiro atoms. The second kappa shape index (κ2) is 15.6. The molecule has 0 bridgehead atoms. The molecule has 1 saturated heterocycles. The maximum Gasteiger partial charge on any atom is 0.411 e. The SMILES string of the molecule is CCc1c2c(nc3ccc(O)cc13)-c1cc3c(c(=O)n1C2)COC(=O)C3(CC)OC(=O)N1CCN(Cc2ccc(N(C(=[NH2+])c3cc(C(C)C)c(O)cc3O)C(N)=O)cc2)CC1. The number of piperazine rings is 1. The maximum atomic E-state index is 14.1. The summed E-state index contributed by atoms with van der Waals surface area (Å²) in [5.74, 6) is -1.19. The van der Waals surface area contributed by atoms with Crippen molar-refractivity contribution < 1.29 is 44.6 Å². The lowest BCUT2D eigenvalue weighted by Crippen LogP contribution is -2.55. The monoisotopic (exact) mass is 830 g/mol. The number of aromatic hydroxyl groups is 3. The molecule has 16 heteroatoms. The van der Waals surface area contributed by atoms with Crippen LogP contribution >= 0.6 is 0 Å². The van der Waals surface area contributed by atoms with Crippen molar-refractivity contribution in [3.8, 4) is 28.6 Å². The molecule has 1 atom stereocenters. The number of pyridine rings is 2. The number of benzene rings is 3. The normalized spacial score (nSPS) is 17.1. The Hall–Kier alpha value is -6.94. The van der Waals surface area contributed by atoms with E-state index in [1.165, 1.54) is 17.0 Å². The number of amides is 3. The van der Waals surface area contributed by atoms with Crippen LogP contribution in [0.4, 0.5) is 15.3 Å². The van der Waals surface area contributed by atoms with Crippen LogP contribution in [0.5, 0.6) is 17.2 Å². The second-order valence-corrected chi connectivity index (χ2v) is 16.0. The zero-order valence-electron chi connectivity index (χ0n) is 34.4. The third kappa shape index (κ3) is 6.95. The first-order valence-corrected chi connectivity index (χ1v) is 20.3. The van der Waals surface area contributed by atoms with Crippen molar-refractivity contribution in [1.29, 1.82) is 0 Å². The number of hydrogen-bond acceptors (Lipinski definition) is 11. The predicted molar refractivity (Wildman–Crippen MR) is 225 cm³/mol. The van der Waals surface area contributed by atoms with E-state index in [-0.39, 0.29) is 65.3 Å². The lowest BCUT2D eigenvalue weighted by molar-refractivity contribution is -0.173. The van der Waals surface area contributed by atoms with E-state index < -0.39 is 23.7 Å². The highest BCUT2D eigenvalue weighted by atomic mass is 16.6. The second-order valence-electron chi connectivity index (χ2n) is 16.0. The van der Waals surface area contributed by atoms with Crippen molar-refractivity contribution in [3.05, 3.63) is 110 Å². The molecule has 3 aromatic carbocycles. The summed E-state index contributed by atoms with van der Waals surface area (Å²) in [5.41, 5.74) is 9.71. The van der Waals surface area contributed by atoms with E-state index in [1.807, 2.05) is 32.9 Å². The van der Waals surface area contributed by atoms with Crippen LogP contribution < -0.4 is 21.6 Å². The molecule has 0 saturated carbocycles. The van der Waals surface area contributed by atoms with Gasteiger partial charge in [0.2, 0.25) is 5.60 Å². The number of amidine groups is 1. The van der Waals surface area contributed by atoms with E-state index in [0.717, 1.165) is 27.0 Å². The summed E-state index contributed by atoms with van der Waals surface area (Å²) in [7, 11) is 0. The predicted octanol–water partition coefficient (Wildman–Crippen LogP) is 3.94. The molecule has 0 radical (unpaired) electrons. The molecular weight excluding hydrogens is 783 g/mol. The number of aryl methyl sites for hydroxylation is 1. The van der Waals surface area contributed by atoms with Crippen molar-refractivity contribution in [2.24, 2.45) is 5.73 Å². The summed E-state index contributed by atoms with van der Waals surface area (Å²) >= 11 is 0. The van der Waals surface area contributed by atoms with Gasteiger partial charge in [-0.25, -0.2) is 19.4 Å². The van der Waals surface area contributed by atoms with Crippen LogP contribution in [0.1, 0.15) is 79.0 Å². The zero-order valence-corrected chi connectivity index (χ0v) is 34.4. The molecule has 8 rings (SSSR count). The van der Waals surface area contributed by atoms with Crippen molar-refractivity contribution in [3.63, 3.8) is 0 Å². The van der Waals surface area contributed by atoms with Gasteiger partial charge < -0.3 is 40.0 Å². The molecule has 3 aliphatic rings. The van der Waals surface area contributed by atoms with Gasteiger partial charge in [-0.3, -0.25) is 15.1 Å². The number of nitrogens with two attached hydrogens (primary N) is 2. The van der Waals surface area contributed by atoms with E-state index in [1.54, 1.807) is 47.9 Å². The van der Waals surface area contributed by atoms with Gasteiger partial charge in [-0.05, 0) is 77.9 Å². The number of cyclic esters (lactones) is 1. The fourth-order valence-electron chi connectivity index (χ4n) is 8.79. The van der Waals surface area contributed by atoms with Crippen LogP contribution in [0.2, 0.25) is 0 Å². The molecule has 3 amide bonds. The average Bonchev–Trinajstić information content (AvgIpc) is 3.60. The minimum atomic E-state index is -1.85. The third-order valence-electron chi connectivity index (χ3n) is 12.1. The van der Waals surface area contributed by atoms with E-state index in [4.69, 9.17) is 25.6 Å². The Bertz CT molecular complexity index is 2700. The molecule has 0 aliphatic carbocycles. The quantitative estimate of drug-likeness (QED) is 0.0839. The molecule has 2 aromatic heterocycles. The van der Waals surface area contributed by atoms with Crippen LogP contribution in [0.25, 0.3) is 22.3 Å². The van der Waals surface area contributed by atoms with Gasteiger partial charge in [0.05, 0.1) is 29.0 Å². The molecule has 5 heterocycles. The van der Waals surface area contributed by atoms with Gasteiger partial charge >= 0.3 is 18.1 Å². The van der Waals surface area contributed by atoms with Crippen LogP contribution in [0, 0.1) is 0 Å². The van der Waals surface area contributed by atoms with Crippen molar-refractivity contribution in [1.82, 2.24) is 19.4 Å². The number of aromatic nitrogens is 2. The van der Waals surface area contributed by atoms with Crippen LogP contribution in [0.15, 0.2) is 65.5 Å². The summed E-state index contributed by atoms with van der Waals surface area (Å²) in [4.78, 5) is 64.0. The number of anilines is 1. The standard InChI is InChI=1S/C45H47N7O9/c1-5-28-30-17-27(53)11-12-35(30)48-39-32(28)22-51-36(39)19-34-33(41(51)56)23-60-42(57)45(34,6-2)61-44(59)50-15-13-49(14-16-50)21-25-7-9-26(10-8-25)52(43(47)58)40(46)31-18-29(24(3)4)37(54)20-38(31)55/h7-12,17-20,24,46,53-55H,5-6,13-16,21-23H2,1-4H3,(H2,47,58)/p+1. The van der Waals surface area contributed by atoms with Gasteiger partial charge in [0, 0.05) is 55.3 Å². The summed E-state index contributed by atoms with van der Waals surface area (Å²) in [6.45, 7) is 9.62. The fourth-order valence-corrected chi connectivity index (χ4v) is 8.79. The van der Waals surface area contributed by atoms with Gasteiger partial charge in [-0.15, -0.1) is 4.90 Å². The van der Waals surface area contributed by atoms with E-state index in [9.17, 15) is 34.5 Å². The fraction of sp³-hybridized carbons (Fsp3) is 0.333. The number of esters is 1. The number of carbonyl (C=O) groups excluding carboxylic acids is 3. The number of primary amides is 1. The van der Waals surface area contributed by atoms with Gasteiger partial charge in [-0.1, -0.05) is 39.8 Å². The largest absolute Gasteiger partial charge is 0.508 e. The summed E-state index contributed by atoms with van der Waals surface area (Å²) in [6.07, 6.45) is -0.0223. The van der Waals surface area contributed by atoms with Crippen LogP contribution in [0.3, 0.4) is 0 Å². The minimum Gasteiger partial charge on any atom is -0.508 e. The Kier molecular flexibility index (Phi) is 10.4. The number of fused-ring (bicyclic) bond motifs is 5. The van der Waals surface area contributed by atoms with E-state index in [2.05, 4.69) is 4.90 Å². The first-order chi connectivity index (χ1) is 29.1. The Morgan fingerprint density at radius 1 is 0.967 bits per heavy atom. The van der Waals surface area contributed by atoms with E-state index in [0.29, 0.717) is 72.9 Å². The van der Waals surface area contributed by atoms with Gasteiger partial charge in [0.25, 0.3) is 11.4 Å². The molecule has 61 heavy (non-hydrogen) atoms. The van der Waals surface area contributed by atoms with Gasteiger partial charge in [0.15, 0.2) is 0 Å². The van der Waals surface area contributed by atoms with Crippen LogP contribution in [-0.2, 0) is 46.0 Å². The summed E-state index contributed by atoms with van der Waals surface area (Å²) in [5, 5.41) is 38.3. The highest BCUT2D eigenvalue weighted by molar-refractivity contribution is 6.21. The van der Waals surface area contributed by atoms with Gasteiger partial charge in [-0.2, -0.15) is 0 Å². The Labute approximate surface area is 350 Å². The topological polar surface area (TPSA) is 227 Å². The lowest BCUT2D eigenvalue weighted by atomic mass is 9.85. The lowest BCUT2D eigenvalue weighted by Gasteiger charge is -2.39. The smallest absolute Gasteiger partial charge is 0.411 e. The summed E-state index contributed by atoms with van der Waals surface area (Å²) < 4.78 is 13.3. The molecule has 5 aromatic rings. The van der Waals surface area contributed by atoms with Crippen molar-refractivity contribution in [2.75, 3.05) is 31.1 Å². The first-order valence-electron chi connectivity index (χ1n) is 20.3. The number of carbonyl (C=O) groups is 3. The minimum absolute atomic E-state index is 0.0343. The number of hydrogen-bond donors (Lipinski definition) is 5. The highest BCUT2D eigenvalue weighted by Gasteiger charge is 2.51. The van der Waals surface area contributed by atoms with Crippen LogP contribution in [-0.4, -0.2) is 84.8 Å². The number of rotatable bonds is 8. The van der Waals surface area contributed by atoms with E-state index >= 15 is 0 Å². The Morgan fingerprint density at radius 3 is 2.34 bits per heavy atom. The molecule has 1 fully saturated rings. The Morgan fingerprint density at radius 2 is 1.69 bits per heavy atom. The molecule has 3 aliphatic heterocycles. The average molecular weight is 831 g/mol. The number of phenols is 3. The number of nitrogens with zero attached hydrogens (tertiary/aromatic N) is 5. The third-order valence-corrected chi connectivity index (χ3v) is 12.1. The van der Waals surface area contributed by atoms with Crippen molar-refractivity contribution >= 4 is 40.5 Å². The summed E-state index contributed by atoms with van der Waals surface area (Å²) in [6, 6.07) is 15.6. The number of urea groups is 1. The highest BCUT2D eigenvalue weighted by Crippen LogP contribution is 2.43. The molecular formula is C45H48N7O9+. The molecule has 7 N–H and O–H groups in total. The maximum absolute atomic E-state index is 14.1. The molecule has 316 valence electrons. The zero-order chi connectivity index (χ0) is 43.5. The first kappa shape index (κ1) is 40.8. The van der Waals surface area contributed by atoms with Crippen molar-refractivity contribution in [2.45, 2.75) is 71.8 Å². The number of phenolic OH excluding ortho intramolecular Hbond substituents is 3. The number of ether oxygens (including phenoxy) is 2. The molecule has 16 nitrogen and oxygen atoms in total.